The Hall–Kier alpha value is -1.36. The van der Waals surface area contributed by atoms with Crippen molar-refractivity contribution in [2.24, 2.45) is 5.84 Å². The van der Waals surface area contributed by atoms with Crippen LogP contribution in [0.15, 0.2) is 6.33 Å². The van der Waals surface area contributed by atoms with Crippen LogP contribution in [0.5, 0.6) is 5.88 Å². The molecule has 19 heavy (non-hydrogen) atoms. The summed E-state index contributed by atoms with van der Waals surface area (Å²) in [5, 5.41) is 0. The highest BCUT2D eigenvalue weighted by Gasteiger charge is 2.20. The maximum atomic E-state index is 6.12. The molecule has 0 radical (unpaired) electrons. The molecular formula is C14H24N4O. The molecule has 1 aromatic rings. The second-order valence-corrected chi connectivity index (χ2v) is 5.47. The summed E-state index contributed by atoms with van der Waals surface area (Å²) >= 11 is 0. The lowest BCUT2D eigenvalue weighted by Gasteiger charge is -2.20. The molecule has 1 saturated carbocycles. The Balaban J connectivity index is 2.18. The van der Waals surface area contributed by atoms with E-state index in [1.165, 1.54) is 32.0 Å². The molecule has 0 spiro atoms. The van der Waals surface area contributed by atoms with Gasteiger partial charge in [0, 0.05) is 0 Å². The van der Waals surface area contributed by atoms with Gasteiger partial charge in [0.25, 0.3) is 0 Å². The monoisotopic (exact) mass is 264 g/mol. The van der Waals surface area contributed by atoms with E-state index < -0.39 is 0 Å². The summed E-state index contributed by atoms with van der Waals surface area (Å²) in [5.41, 5.74) is 3.60. The van der Waals surface area contributed by atoms with Crippen LogP contribution in [0.3, 0.4) is 0 Å². The molecule has 0 saturated heterocycles. The van der Waals surface area contributed by atoms with Gasteiger partial charge in [-0.3, -0.25) is 0 Å². The number of anilines is 1. The van der Waals surface area contributed by atoms with E-state index in [2.05, 4.69) is 29.2 Å². The second-order valence-electron chi connectivity index (χ2n) is 5.47. The van der Waals surface area contributed by atoms with Crippen LogP contribution in [-0.4, -0.2) is 16.1 Å². The molecule has 0 aromatic carbocycles. The lowest BCUT2D eigenvalue weighted by Crippen LogP contribution is -2.19. The Morgan fingerprint density at radius 1 is 1.21 bits per heavy atom. The molecule has 2 rings (SSSR count). The minimum Gasteiger partial charge on any atom is -0.474 e. The topological polar surface area (TPSA) is 73.1 Å². The van der Waals surface area contributed by atoms with E-state index in [4.69, 9.17) is 10.6 Å². The Kier molecular flexibility index (Phi) is 4.96. The highest BCUT2D eigenvalue weighted by Crippen LogP contribution is 2.31. The number of aromatic nitrogens is 2. The molecule has 106 valence electrons. The molecule has 0 unspecified atom stereocenters. The number of nitrogens with zero attached hydrogens (tertiary/aromatic N) is 2. The number of ether oxygens (including phenoxy) is 1. The van der Waals surface area contributed by atoms with E-state index in [9.17, 15) is 0 Å². The van der Waals surface area contributed by atoms with Crippen LogP contribution >= 0.6 is 0 Å². The molecule has 0 aliphatic heterocycles. The Bertz CT molecular complexity index is 400. The number of nitrogen functional groups attached to an aromatic ring is 1. The van der Waals surface area contributed by atoms with Gasteiger partial charge in [-0.1, -0.05) is 26.7 Å². The lowest BCUT2D eigenvalue weighted by molar-refractivity contribution is 0.173. The van der Waals surface area contributed by atoms with Crippen LogP contribution in [-0.2, 0) is 0 Å². The van der Waals surface area contributed by atoms with Crippen LogP contribution in [0.4, 0.5) is 5.82 Å². The molecule has 1 aliphatic carbocycles. The van der Waals surface area contributed by atoms with E-state index in [0.717, 1.165) is 18.4 Å². The average molecular weight is 264 g/mol. The van der Waals surface area contributed by atoms with Gasteiger partial charge in [-0.15, -0.1) is 0 Å². The summed E-state index contributed by atoms with van der Waals surface area (Å²) in [6, 6.07) is 0. The first-order valence-corrected chi connectivity index (χ1v) is 7.20. The maximum Gasteiger partial charge on any atom is 0.222 e. The van der Waals surface area contributed by atoms with Crippen LogP contribution in [0.1, 0.15) is 63.9 Å². The molecule has 0 bridgehead atoms. The second kappa shape index (κ2) is 6.70. The number of rotatable bonds is 4. The molecular weight excluding hydrogens is 240 g/mol. The zero-order valence-corrected chi connectivity index (χ0v) is 11.9. The fraction of sp³-hybridized carbons (Fsp3) is 0.714. The zero-order chi connectivity index (χ0) is 13.7. The van der Waals surface area contributed by atoms with Crippen LogP contribution < -0.4 is 16.0 Å². The Morgan fingerprint density at radius 3 is 2.47 bits per heavy atom. The summed E-state index contributed by atoms with van der Waals surface area (Å²) in [6.45, 7) is 4.19. The van der Waals surface area contributed by atoms with E-state index >= 15 is 0 Å². The zero-order valence-electron chi connectivity index (χ0n) is 11.9. The molecule has 5 nitrogen and oxygen atoms in total. The third-order valence-corrected chi connectivity index (χ3v) is 3.64. The highest BCUT2D eigenvalue weighted by atomic mass is 16.5. The van der Waals surface area contributed by atoms with Crippen molar-refractivity contribution in [3.05, 3.63) is 11.9 Å². The summed E-state index contributed by atoms with van der Waals surface area (Å²) in [4.78, 5) is 8.47. The van der Waals surface area contributed by atoms with Crippen molar-refractivity contribution in [2.45, 2.75) is 64.4 Å². The molecule has 0 amide bonds. The number of hydrazine groups is 1. The molecule has 1 heterocycles. The van der Waals surface area contributed by atoms with Crippen molar-refractivity contribution in [2.75, 3.05) is 5.43 Å². The first kappa shape index (κ1) is 14.1. The van der Waals surface area contributed by atoms with Gasteiger partial charge in [0.1, 0.15) is 12.4 Å². The summed E-state index contributed by atoms with van der Waals surface area (Å²) in [6.07, 6.45) is 9.14. The molecule has 0 atom stereocenters. The number of nitrogens with two attached hydrogens (primary N) is 1. The lowest BCUT2D eigenvalue weighted by atomic mass is 10.1. The van der Waals surface area contributed by atoms with Crippen molar-refractivity contribution in [3.63, 3.8) is 0 Å². The quantitative estimate of drug-likeness (QED) is 0.497. The molecule has 1 fully saturated rings. The van der Waals surface area contributed by atoms with E-state index in [1.807, 2.05) is 0 Å². The third-order valence-electron chi connectivity index (χ3n) is 3.64. The normalized spacial score (nSPS) is 17.3. The Labute approximate surface area is 114 Å². The highest BCUT2D eigenvalue weighted by molar-refractivity contribution is 5.49. The van der Waals surface area contributed by atoms with E-state index in [1.54, 1.807) is 0 Å². The SMILES string of the molecule is CC(C)c1c(NN)ncnc1OC1CCCCCC1. The minimum atomic E-state index is 0.271. The molecule has 3 N–H and O–H groups in total. The van der Waals surface area contributed by atoms with Gasteiger partial charge in [-0.25, -0.2) is 15.8 Å². The van der Waals surface area contributed by atoms with Gasteiger partial charge in [-0.2, -0.15) is 0 Å². The maximum absolute atomic E-state index is 6.12. The first-order valence-electron chi connectivity index (χ1n) is 7.20. The summed E-state index contributed by atoms with van der Waals surface area (Å²) in [5.74, 6) is 7.14. The average Bonchev–Trinajstić information content (AvgIpc) is 2.66. The predicted octanol–water partition coefficient (Wildman–Crippen LogP) is 2.99. The van der Waals surface area contributed by atoms with Crippen LogP contribution in [0.25, 0.3) is 0 Å². The smallest absolute Gasteiger partial charge is 0.222 e. The fourth-order valence-corrected chi connectivity index (χ4v) is 2.63. The van der Waals surface area contributed by atoms with Gasteiger partial charge >= 0.3 is 0 Å². The van der Waals surface area contributed by atoms with Crippen molar-refractivity contribution in [1.29, 1.82) is 0 Å². The molecule has 5 heteroatoms. The fourth-order valence-electron chi connectivity index (χ4n) is 2.63. The summed E-state index contributed by atoms with van der Waals surface area (Å²) < 4.78 is 6.12. The van der Waals surface area contributed by atoms with Crippen molar-refractivity contribution in [1.82, 2.24) is 9.97 Å². The number of hydrogen-bond donors (Lipinski definition) is 2. The third kappa shape index (κ3) is 3.56. The van der Waals surface area contributed by atoms with E-state index in [0.29, 0.717) is 11.7 Å². The predicted molar refractivity (Wildman–Crippen MR) is 76.0 cm³/mol. The van der Waals surface area contributed by atoms with E-state index in [-0.39, 0.29) is 12.0 Å². The molecule has 1 aromatic heterocycles. The van der Waals surface area contributed by atoms with Gasteiger partial charge in [-0.05, 0) is 31.6 Å². The minimum absolute atomic E-state index is 0.271. The Morgan fingerprint density at radius 2 is 1.89 bits per heavy atom. The largest absolute Gasteiger partial charge is 0.474 e. The summed E-state index contributed by atoms with van der Waals surface area (Å²) in [7, 11) is 0. The van der Waals surface area contributed by atoms with Crippen LogP contribution in [0, 0.1) is 0 Å². The van der Waals surface area contributed by atoms with Crippen LogP contribution in [0.2, 0.25) is 0 Å². The van der Waals surface area contributed by atoms with Gasteiger partial charge in [0.2, 0.25) is 5.88 Å². The molecule has 1 aliphatic rings. The number of hydrogen-bond acceptors (Lipinski definition) is 5. The van der Waals surface area contributed by atoms with Gasteiger partial charge in [0.05, 0.1) is 5.56 Å². The standard InChI is InChI=1S/C14H24N4O/c1-10(2)12-13(18-15)16-9-17-14(12)19-11-7-5-3-4-6-8-11/h9-11H,3-8,15H2,1-2H3,(H,16,17,18). The van der Waals surface area contributed by atoms with Crippen molar-refractivity contribution < 1.29 is 4.74 Å². The first-order chi connectivity index (χ1) is 9.22. The van der Waals surface area contributed by atoms with Crippen molar-refractivity contribution in [3.8, 4) is 5.88 Å². The van der Waals surface area contributed by atoms with Gasteiger partial charge < -0.3 is 10.2 Å². The van der Waals surface area contributed by atoms with Gasteiger partial charge in [0.15, 0.2) is 5.82 Å². The number of nitrogens with one attached hydrogen (secondary N) is 1. The van der Waals surface area contributed by atoms with Crippen molar-refractivity contribution >= 4 is 5.82 Å².